The predicted molar refractivity (Wildman–Crippen MR) is 141 cm³/mol. The second-order valence-corrected chi connectivity index (χ2v) is 8.74. The first kappa shape index (κ1) is 20.6. The van der Waals surface area contributed by atoms with E-state index in [1.807, 2.05) is 60.7 Å². The summed E-state index contributed by atoms with van der Waals surface area (Å²) in [6.07, 6.45) is -0.816. The zero-order valence-corrected chi connectivity index (χ0v) is 18.6. The van der Waals surface area contributed by atoms with Crippen molar-refractivity contribution in [2.75, 3.05) is 0 Å². The fraction of sp³-hybridized carbons (Fsp3) is 0.0625. The van der Waals surface area contributed by atoms with E-state index in [9.17, 15) is 10.2 Å². The van der Waals surface area contributed by atoms with Gasteiger partial charge in [0.2, 0.25) is 0 Å². The number of fused-ring (bicyclic) bond motifs is 4. The molecule has 0 aliphatic carbocycles. The highest BCUT2D eigenvalue weighted by Gasteiger charge is 2.20. The third kappa shape index (κ3) is 3.36. The molecule has 2 N–H and O–H groups in total. The van der Waals surface area contributed by atoms with Crippen molar-refractivity contribution in [2.45, 2.75) is 12.7 Å². The second-order valence-electron chi connectivity index (χ2n) is 8.74. The van der Waals surface area contributed by atoms with Gasteiger partial charge in [0.05, 0.1) is 6.61 Å². The number of hydrogen-bond acceptors (Lipinski definition) is 2. The summed E-state index contributed by atoms with van der Waals surface area (Å²) >= 11 is 0. The highest BCUT2D eigenvalue weighted by molar-refractivity contribution is 6.13. The number of benzene rings is 6. The van der Waals surface area contributed by atoms with Crippen LogP contribution in [0.15, 0.2) is 115 Å². The van der Waals surface area contributed by atoms with Gasteiger partial charge in [-0.15, -0.1) is 0 Å². The lowest BCUT2D eigenvalue weighted by Crippen LogP contribution is -2.04. The molecule has 0 fully saturated rings. The largest absolute Gasteiger partial charge is 0.392 e. The van der Waals surface area contributed by atoms with Crippen molar-refractivity contribution >= 4 is 32.3 Å². The fourth-order valence-electron chi connectivity index (χ4n) is 5.13. The Balaban J connectivity index is 1.61. The van der Waals surface area contributed by atoms with Crippen LogP contribution in [0.1, 0.15) is 22.8 Å². The van der Waals surface area contributed by atoms with Crippen LogP contribution < -0.4 is 0 Å². The molecule has 6 aromatic carbocycles. The molecule has 0 amide bonds. The Morgan fingerprint density at radius 1 is 0.529 bits per heavy atom. The average Bonchev–Trinajstić information content (AvgIpc) is 2.91. The van der Waals surface area contributed by atoms with Crippen molar-refractivity contribution in [3.05, 3.63) is 132 Å². The van der Waals surface area contributed by atoms with Gasteiger partial charge in [0.1, 0.15) is 6.10 Å². The van der Waals surface area contributed by atoms with Crippen LogP contribution in [0, 0.1) is 0 Å². The summed E-state index contributed by atoms with van der Waals surface area (Å²) < 4.78 is 0. The van der Waals surface area contributed by atoms with E-state index in [1.54, 1.807) is 0 Å². The van der Waals surface area contributed by atoms with E-state index in [2.05, 4.69) is 54.6 Å². The first-order valence-corrected chi connectivity index (χ1v) is 11.5. The van der Waals surface area contributed by atoms with E-state index in [1.165, 1.54) is 10.8 Å². The minimum Gasteiger partial charge on any atom is -0.392 e. The molecule has 0 saturated carbocycles. The van der Waals surface area contributed by atoms with Gasteiger partial charge >= 0.3 is 0 Å². The summed E-state index contributed by atoms with van der Waals surface area (Å²) in [4.78, 5) is 0. The number of aliphatic hydroxyl groups is 2. The first-order valence-electron chi connectivity index (χ1n) is 11.5. The highest BCUT2D eigenvalue weighted by atomic mass is 16.3. The van der Waals surface area contributed by atoms with Crippen molar-refractivity contribution < 1.29 is 10.2 Å². The summed E-state index contributed by atoms with van der Waals surface area (Å²) in [5.41, 5.74) is 4.43. The fourth-order valence-corrected chi connectivity index (χ4v) is 5.13. The molecule has 6 aromatic rings. The zero-order chi connectivity index (χ0) is 23.1. The quantitative estimate of drug-likeness (QED) is 0.222. The molecule has 0 heterocycles. The second kappa shape index (κ2) is 8.42. The molecule has 1 unspecified atom stereocenters. The summed E-state index contributed by atoms with van der Waals surface area (Å²) in [6, 6.07) is 39.0. The van der Waals surface area contributed by atoms with Crippen LogP contribution in [0.3, 0.4) is 0 Å². The van der Waals surface area contributed by atoms with Crippen molar-refractivity contribution in [2.24, 2.45) is 0 Å². The summed E-state index contributed by atoms with van der Waals surface area (Å²) in [5, 5.41) is 28.6. The molecule has 0 bridgehead atoms. The molecule has 0 aromatic heterocycles. The van der Waals surface area contributed by atoms with Gasteiger partial charge in [-0.2, -0.15) is 0 Å². The van der Waals surface area contributed by atoms with Crippen LogP contribution in [0.2, 0.25) is 0 Å². The van der Waals surface area contributed by atoms with E-state index >= 15 is 0 Å². The van der Waals surface area contributed by atoms with Crippen LogP contribution in [-0.4, -0.2) is 10.2 Å². The zero-order valence-electron chi connectivity index (χ0n) is 18.6. The van der Waals surface area contributed by atoms with Crippen LogP contribution in [0.25, 0.3) is 43.4 Å². The molecule has 0 saturated heterocycles. The molecule has 6 rings (SSSR count). The van der Waals surface area contributed by atoms with E-state index in [0.717, 1.165) is 49.4 Å². The smallest absolute Gasteiger partial charge is 0.105 e. The van der Waals surface area contributed by atoms with Crippen molar-refractivity contribution in [3.8, 4) is 11.1 Å². The molecule has 2 nitrogen and oxygen atoms in total. The normalized spacial score (nSPS) is 12.4. The Labute approximate surface area is 198 Å². The van der Waals surface area contributed by atoms with Crippen molar-refractivity contribution in [1.29, 1.82) is 0 Å². The van der Waals surface area contributed by atoms with E-state index in [0.29, 0.717) is 0 Å². The van der Waals surface area contributed by atoms with Gasteiger partial charge in [-0.3, -0.25) is 0 Å². The molecule has 2 heteroatoms. The number of aliphatic hydroxyl groups excluding tert-OH is 2. The molecule has 0 aliphatic heterocycles. The maximum absolute atomic E-state index is 11.8. The van der Waals surface area contributed by atoms with E-state index in [-0.39, 0.29) is 6.61 Å². The summed E-state index contributed by atoms with van der Waals surface area (Å²) in [5.74, 6) is 0. The molecule has 34 heavy (non-hydrogen) atoms. The lowest BCUT2D eigenvalue weighted by molar-refractivity contribution is 0.222. The SMILES string of the molecule is OCc1ccccc1-c1ccccc1C(O)c1cccc2ccc3cc4ccccc4cc3c12. The maximum atomic E-state index is 11.8. The van der Waals surface area contributed by atoms with Gasteiger partial charge in [-0.05, 0) is 72.3 Å². The number of rotatable bonds is 4. The Morgan fingerprint density at radius 2 is 1.15 bits per heavy atom. The van der Waals surface area contributed by atoms with Gasteiger partial charge in [-0.25, -0.2) is 0 Å². The maximum Gasteiger partial charge on any atom is 0.105 e. The molecule has 0 spiro atoms. The number of hydrogen-bond donors (Lipinski definition) is 2. The third-order valence-electron chi connectivity index (χ3n) is 6.79. The minimum absolute atomic E-state index is 0.0490. The van der Waals surface area contributed by atoms with Gasteiger partial charge in [-0.1, -0.05) is 103 Å². The van der Waals surface area contributed by atoms with Crippen molar-refractivity contribution in [1.82, 2.24) is 0 Å². The third-order valence-corrected chi connectivity index (χ3v) is 6.79. The lowest BCUT2D eigenvalue weighted by Gasteiger charge is -2.20. The summed E-state index contributed by atoms with van der Waals surface area (Å²) in [6.45, 7) is -0.0490. The monoisotopic (exact) mass is 440 g/mol. The molecular weight excluding hydrogens is 416 g/mol. The Kier molecular flexibility index (Phi) is 5.10. The Hall–Kier alpha value is -3.98. The van der Waals surface area contributed by atoms with E-state index < -0.39 is 6.10 Å². The van der Waals surface area contributed by atoms with E-state index in [4.69, 9.17) is 0 Å². The van der Waals surface area contributed by atoms with Crippen molar-refractivity contribution in [3.63, 3.8) is 0 Å². The minimum atomic E-state index is -0.816. The molecular formula is C32H24O2. The molecule has 1 atom stereocenters. The molecule has 164 valence electrons. The molecule has 0 aliphatic rings. The first-order chi connectivity index (χ1) is 16.7. The Bertz CT molecular complexity index is 1670. The van der Waals surface area contributed by atoms with Crippen LogP contribution in [0.5, 0.6) is 0 Å². The average molecular weight is 441 g/mol. The summed E-state index contributed by atoms with van der Waals surface area (Å²) in [7, 11) is 0. The lowest BCUT2D eigenvalue weighted by atomic mass is 9.87. The Morgan fingerprint density at radius 3 is 1.97 bits per heavy atom. The predicted octanol–water partition coefficient (Wildman–Crippen LogP) is 7.39. The van der Waals surface area contributed by atoms with Crippen LogP contribution >= 0.6 is 0 Å². The van der Waals surface area contributed by atoms with Gasteiger partial charge in [0.15, 0.2) is 0 Å². The van der Waals surface area contributed by atoms with Gasteiger partial charge in [0.25, 0.3) is 0 Å². The molecule has 0 radical (unpaired) electrons. The van der Waals surface area contributed by atoms with Crippen LogP contribution in [-0.2, 0) is 6.61 Å². The van der Waals surface area contributed by atoms with Crippen LogP contribution in [0.4, 0.5) is 0 Å². The van der Waals surface area contributed by atoms with Gasteiger partial charge in [0, 0.05) is 0 Å². The van der Waals surface area contributed by atoms with Gasteiger partial charge < -0.3 is 10.2 Å². The standard InChI is InChI=1S/C32H24O2/c33-20-25-10-3-4-12-26(25)27-13-5-6-14-28(27)32(34)29-15-7-11-21-16-17-24-18-22-8-1-2-9-23(22)19-30(24)31(21)29/h1-19,32-34H,20H2. The highest BCUT2D eigenvalue weighted by Crippen LogP contribution is 2.39. The topological polar surface area (TPSA) is 40.5 Å².